The van der Waals surface area contributed by atoms with Crippen molar-refractivity contribution < 1.29 is 0 Å². The van der Waals surface area contributed by atoms with E-state index in [1.807, 2.05) is 0 Å². The topological polar surface area (TPSA) is 101 Å². The Hall–Kier alpha value is -1.51. The molecule has 0 saturated heterocycles. The van der Waals surface area contributed by atoms with E-state index >= 15 is 0 Å². The van der Waals surface area contributed by atoms with Gasteiger partial charge in [0.05, 0.1) is 13.1 Å². The minimum absolute atomic E-state index is 0. The molecular weight excluding hydrogens is 403 g/mol. The molecule has 0 spiro atoms. The second-order valence-electron chi connectivity index (χ2n) is 6.06. The molecular formula is C16H25IN6. The lowest BCUT2D eigenvalue weighted by molar-refractivity contribution is 0.876. The molecule has 0 aromatic heterocycles. The van der Waals surface area contributed by atoms with Gasteiger partial charge in [-0.2, -0.15) is 0 Å². The molecule has 6 nitrogen and oxygen atoms in total. The van der Waals surface area contributed by atoms with Crippen molar-refractivity contribution in [3.8, 4) is 0 Å². The van der Waals surface area contributed by atoms with Gasteiger partial charge in [-0.05, 0) is 36.8 Å². The average Bonchev–Trinajstić information content (AvgIpc) is 3.41. The minimum atomic E-state index is 0. The van der Waals surface area contributed by atoms with Gasteiger partial charge in [-0.15, -0.1) is 24.0 Å². The molecule has 0 amide bonds. The summed E-state index contributed by atoms with van der Waals surface area (Å²) in [5, 5.41) is 6.36. The van der Waals surface area contributed by atoms with Crippen LogP contribution in [0.1, 0.15) is 36.8 Å². The largest absolute Gasteiger partial charge is 0.370 e. The molecule has 2 saturated carbocycles. The molecule has 0 aliphatic heterocycles. The molecule has 2 aliphatic carbocycles. The summed E-state index contributed by atoms with van der Waals surface area (Å²) in [6, 6.07) is 9.32. The van der Waals surface area contributed by atoms with Gasteiger partial charge in [-0.25, -0.2) is 9.98 Å². The van der Waals surface area contributed by atoms with Crippen LogP contribution in [0.3, 0.4) is 0 Å². The third-order valence-electron chi connectivity index (χ3n) is 3.75. The smallest absolute Gasteiger partial charge is 0.189 e. The maximum Gasteiger partial charge on any atom is 0.189 e. The first-order chi connectivity index (χ1) is 10.7. The molecule has 0 atom stereocenters. The minimum Gasteiger partial charge on any atom is -0.370 e. The van der Waals surface area contributed by atoms with Crippen molar-refractivity contribution in [2.75, 3.05) is 0 Å². The average molecular weight is 428 g/mol. The summed E-state index contributed by atoms with van der Waals surface area (Å²) in [6.45, 7) is 1.20. The van der Waals surface area contributed by atoms with E-state index in [-0.39, 0.29) is 24.0 Å². The third-order valence-corrected chi connectivity index (χ3v) is 3.75. The number of nitrogens with zero attached hydrogens (tertiary/aromatic N) is 2. The molecule has 6 N–H and O–H groups in total. The normalized spacial score (nSPS) is 18.3. The maximum atomic E-state index is 5.82. The Balaban J connectivity index is 0.00000192. The molecule has 126 valence electrons. The van der Waals surface area contributed by atoms with Crippen LogP contribution >= 0.6 is 24.0 Å². The van der Waals surface area contributed by atoms with E-state index in [4.69, 9.17) is 11.5 Å². The Bertz CT molecular complexity index is 509. The lowest BCUT2D eigenvalue weighted by Gasteiger charge is -2.05. The fourth-order valence-corrected chi connectivity index (χ4v) is 2.07. The van der Waals surface area contributed by atoms with Gasteiger partial charge in [0.15, 0.2) is 11.9 Å². The molecule has 3 rings (SSSR count). The predicted octanol–water partition coefficient (Wildman–Crippen LogP) is 1.44. The molecule has 0 radical (unpaired) electrons. The van der Waals surface area contributed by atoms with E-state index in [2.05, 4.69) is 44.9 Å². The summed E-state index contributed by atoms with van der Waals surface area (Å²) in [6.07, 6.45) is 4.79. The van der Waals surface area contributed by atoms with Crippen LogP contribution in [-0.4, -0.2) is 24.0 Å². The van der Waals surface area contributed by atoms with Crippen LogP contribution in [0.15, 0.2) is 34.3 Å². The first kappa shape index (κ1) is 17.8. The number of benzene rings is 1. The summed E-state index contributed by atoms with van der Waals surface area (Å²) in [4.78, 5) is 8.69. The molecule has 23 heavy (non-hydrogen) atoms. The number of nitrogens with two attached hydrogens (primary N) is 2. The number of halogens is 1. The highest BCUT2D eigenvalue weighted by atomic mass is 127. The monoisotopic (exact) mass is 428 g/mol. The van der Waals surface area contributed by atoms with Crippen LogP contribution in [0.5, 0.6) is 0 Å². The molecule has 2 fully saturated rings. The van der Waals surface area contributed by atoms with Crippen molar-refractivity contribution in [1.82, 2.24) is 10.6 Å². The van der Waals surface area contributed by atoms with Crippen molar-refractivity contribution in [1.29, 1.82) is 0 Å². The fourth-order valence-electron chi connectivity index (χ4n) is 2.07. The highest BCUT2D eigenvalue weighted by Gasteiger charge is 2.21. The van der Waals surface area contributed by atoms with E-state index in [0.717, 1.165) is 11.1 Å². The number of guanidine groups is 2. The lowest BCUT2D eigenvalue weighted by Crippen LogP contribution is -2.33. The zero-order chi connectivity index (χ0) is 15.4. The van der Waals surface area contributed by atoms with E-state index in [9.17, 15) is 0 Å². The molecule has 1 aromatic carbocycles. The molecule has 2 aliphatic rings. The molecule has 0 heterocycles. The van der Waals surface area contributed by atoms with Crippen LogP contribution in [0, 0.1) is 0 Å². The van der Waals surface area contributed by atoms with Crippen molar-refractivity contribution in [2.24, 2.45) is 21.5 Å². The summed E-state index contributed by atoms with van der Waals surface area (Å²) < 4.78 is 0. The van der Waals surface area contributed by atoms with Crippen LogP contribution < -0.4 is 22.1 Å². The Morgan fingerprint density at radius 2 is 1.17 bits per heavy atom. The Morgan fingerprint density at radius 3 is 1.48 bits per heavy atom. The second kappa shape index (κ2) is 8.37. The summed E-state index contributed by atoms with van der Waals surface area (Å²) in [7, 11) is 0. The van der Waals surface area contributed by atoms with Gasteiger partial charge < -0.3 is 22.1 Å². The van der Waals surface area contributed by atoms with E-state index in [0.29, 0.717) is 37.1 Å². The first-order valence-electron chi connectivity index (χ1n) is 7.90. The number of aliphatic imine (C=N–C) groups is 2. The number of hydrogen-bond acceptors (Lipinski definition) is 2. The molecule has 1 aromatic rings. The van der Waals surface area contributed by atoms with Gasteiger partial charge in [0, 0.05) is 12.1 Å². The van der Waals surface area contributed by atoms with Crippen LogP contribution in [0.25, 0.3) is 0 Å². The maximum absolute atomic E-state index is 5.82. The van der Waals surface area contributed by atoms with Crippen molar-refractivity contribution >= 4 is 35.9 Å². The zero-order valence-corrected chi connectivity index (χ0v) is 15.5. The quantitative estimate of drug-likeness (QED) is 0.313. The number of nitrogens with one attached hydrogen (secondary N) is 2. The lowest BCUT2D eigenvalue weighted by atomic mass is 10.1. The van der Waals surface area contributed by atoms with Crippen LogP contribution in [-0.2, 0) is 13.1 Å². The highest BCUT2D eigenvalue weighted by molar-refractivity contribution is 14.0. The van der Waals surface area contributed by atoms with Gasteiger partial charge in [0.2, 0.25) is 0 Å². The molecule has 7 heteroatoms. The van der Waals surface area contributed by atoms with Gasteiger partial charge in [0.1, 0.15) is 0 Å². The second-order valence-corrected chi connectivity index (χ2v) is 6.06. The third kappa shape index (κ3) is 6.64. The highest BCUT2D eigenvalue weighted by Crippen LogP contribution is 2.18. The van der Waals surface area contributed by atoms with E-state index in [1.54, 1.807) is 0 Å². The number of rotatable bonds is 6. The van der Waals surface area contributed by atoms with E-state index < -0.39 is 0 Å². The predicted molar refractivity (Wildman–Crippen MR) is 105 cm³/mol. The summed E-state index contributed by atoms with van der Waals surface area (Å²) in [5.41, 5.74) is 13.9. The molecule has 0 bridgehead atoms. The van der Waals surface area contributed by atoms with Gasteiger partial charge >= 0.3 is 0 Å². The standard InChI is InChI=1S/C16H24N6.HI/c17-15(21-13-5-6-13)19-9-11-1-2-12(4-3-11)10-20-16(18)22-14-7-8-14;/h1-4,13-14H,5-10H2,(H3,17,19,21)(H3,18,20,22);1H. The number of hydrogen-bond donors (Lipinski definition) is 4. The van der Waals surface area contributed by atoms with Gasteiger partial charge in [-0.1, -0.05) is 24.3 Å². The summed E-state index contributed by atoms with van der Waals surface area (Å²) in [5.74, 6) is 1.07. The van der Waals surface area contributed by atoms with Crippen LogP contribution in [0.4, 0.5) is 0 Å². The summed E-state index contributed by atoms with van der Waals surface area (Å²) >= 11 is 0. The van der Waals surface area contributed by atoms with Crippen molar-refractivity contribution in [3.05, 3.63) is 35.4 Å². The van der Waals surface area contributed by atoms with Crippen molar-refractivity contribution in [3.63, 3.8) is 0 Å². The Morgan fingerprint density at radius 1 is 0.826 bits per heavy atom. The first-order valence-corrected chi connectivity index (χ1v) is 7.90. The van der Waals surface area contributed by atoms with Gasteiger partial charge in [0.25, 0.3) is 0 Å². The SMILES string of the molecule is I.NC(=NCc1ccc(CN=C(N)NC2CC2)cc1)NC1CC1. The van der Waals surface area contributed by atoms with Crippen LogP contribution in [0.2, 0.25) is 0 Å². The Kier molecular flexibility index (Phi) is 6.49. The zero-order valence-electron chi connectivity index (χ0n) is 13.2. The van der Waals surface area contributed by atoms with E-state index in [1.165, 1.54) is 25.7 Å². The molecule has 0 unspecified atom stereocenters. The van der Waals surface area contributed by atoms with Crippen molar-refractivity contribution in [2.45, 2.75) is 50.9 Å². The fraction of sp³-hybridized carbons (Fsp3) is 0.500. The Labute approximate surface area is 154 Å². The van der Waals surface area contributed by atoms with Gasteiger partial charge in [-0.3, -0.25) is 0 Å².